The van der Waals surface area contributed by atoms with Crippen molar-refractivity contribution in [3.05, 3.63) is 58.3 Å². The van der Waals surface area contributed by atoms with Crippen molar-refractivity contribution in [2.45, 2.75) is 25.7 Å². The lowest BCUT2D eigenvalue weighted by Crippen LogP contribution is -2.40. The summed E-state index contributed by atoms with van der Waals surface area (Å²) >= 11 is 1.50. The van der Waals surface area contributed by atoms with Crippen molar-refractivity contribution in [1.82, 2.24) is 10.2 Å². The third kappa shape index (κ3) is 3.54. The van der Waals surface area contributed by atoms with Crippen molar-refractivity contribution >= 4 is 23.2 Å². The molecule has 1 aromatic carbocycles. The van der Waals surface area contributed by atoms with Gasteiger partial charge in [-0.1, -0.05) is 36.4 Å². The molecule has 26 heavy (non-hydrogen) atoms. The highest BCUT2D eigenvalue weighted by Crippen LogP contribution is 2.59. The summed E-state index contributed by atoms with van der Waals surface area (Å²) in [6.45, 7) is 2.23. The molecule has 4 rings (SSSR count). The molecule has 1 atom stereocenters. The van der Waals surface area contributed by atoms with Crippen molar-refractivity contribution < 1.29 is 9.59 Å². The van der Waals surface area contributed by atoms with Gasteiger partial charge in [0.15, 0.2) is 0 Å². The molecule has 1 N–H and O–H groups in total. The van der Waals surface area contributed by atoms with E-state index in [-0.39, 0.29) is 23.1 Å². The third-order valence-corrected chi connectivity index (χ3v) is 6.70. The zero-order valence-electron chi connectivity index (χ0n) is 14.8. The molecule has 5 heteroatoms. The fraction of sp³-hybridized carbons (Fsp3) is 0.429. The molecule has 1 aliphatic carbocycles. The molecular formula is C21H24N2O2S. The van der Waals surface area contributed by atoms with Crippen LogP contribution in [0.4, 0.5) is 0 Å². The summed E-state index contributed by atoms with van der Waals surface area (Å²) in [5, 5.41) is 5.04. The molecule has 2 aromatic rings. The van der Waals surface area contributed by atoms with Crippen LogP contribution >= 0.6 is 11.3 Å². The fourth-order valence-electron chi connectivity index (χ4n) is 4.08. The van der Waals surface area contributed by atoms with E-state index in [1.54, 1.807) is 0 Å². The second kappa shape index (κ2) is 7.23. The second-order valence-electron chi connectivity index (χ2n) is 7.42. The Morgan fingerprint density at radius 3 is 2.58 bits per heavy atom. The lowest BCUT2D eigenvalue weighted by atomic mass is 9.90. The predicted molar refractivity (Wildman–Crippen MR) is 103 cm³/mol. The first-order valence-corrected chi connectivity index (χ1v) is 10.2. The van der Waals surface area contributed by atoms with Crippen LogP contribution in [-0.4, -0.2) is 36.3 Å². The van der Waals surface area contributed by atoms with Gasteiger partial charge in [0.05, 0.1) is 4.88 Å². The molecule has 1 spiro atoms. The van der Waals surface area contributed by atoms with Crippen LogP contribution in [0, 0.1) is 11.3 Å². The molecule has 1 saturated heterocycles. The van der Waals surface area contributed by atoms with Gasteiger partial charge in [-0.05, 0) is 48.1 Å². The number of hydrogen-bond donors (Lipinski definition) is 1. The van der Waals surface area contributed by atoms with Crippen molar-refractivity contribution in [3.8, 4) is 0 Å². The van der Waals surface area contributed by atoms with Gasteiger partial charge in [-0.25, -0.2) is 0 Å². The molecule has 0 bridgehead atoms. The normalized spacial score (nSPS) is 20.8. The molecule has 2 heterocycles. The first-order chi connectivity index (χ1) is 12.7. The smallest absolute Gasteiger partial charge is 0.263 e. The Bertz CT molecular complexity index is 765. The monoisotopic (exact) mass is 368 g/mol. The molecule has 1 aliphatic heterocycles. The van der Waals surface area contributed by atoms with Gasteiger partial charge < -0.3 is 10.2 Å². The molecule has 1 saturated carbocycles. The number of hydrogen-bond acceptors (Lipinski definition) is 3. The van der Waals surface area contributed by atoms with Crippen LogP contribution in [0.5, 0.6) is 0 Å². The highest BCUT2D eigenvalue weighted by Gasteiger charge is 2.58. The average molecular weight is 369 g/mol. The number of thiophene rings is 1. The lowest BCUT2D eigenvalue weighted by molar-refractivity contribution is -0.123. The number of likely N-dealkylation sites (tertiary alicyclic amines) is 1. The number of nitrogens with zero attached hydrogens (tertiary/aromatic N) is 1. The van der Waals surface area contributed by atoms with Crippen LogP contribution in [0.2, 0.25) is 0 Å². The van der Waals surface area contributed by atoms with Crippen LogP contribution in [0.25, 0.3) is 0 Å². The molecule has 2 amide bonds. The van der Waals surface area contributed by atoms with Gasteiger partial charge in [-0.2, -0.15) is 0 Å². The molecule has 4 nitrogen and oxygen atoms in total. The SMILES string of the molecule is O=C(NCCc1ccccc1)[C@@H]1CC12CCN(C(=O)c1cccs1)CC2. The van der Waals surface area contributed by atoms with Gasteiger partial charge >= 0.3 is 0 Å². The summed E-state index contributed by atoms with van der Waals surface area (Å²) in [4.78, 5) is 27.7. The minimum Gasteiger partial charge on any atom is -0.356 e. The second-order valence-corrected chi connectivity index (χ2v) is 8.36. The molecule has 0 unspecified atom stereocenters. The van der Waals surface area contributed by atoms with Crippen molar-refractivity contribution in [1.29, 1.82) is 0 Å². The van der Waals surface area contributed by atoms with Crippen molar-refractivity contribution in [2.24, 2.45) is 11.3 Å². The minimum atomic E-state index is 0.136. The Labute approximate surface area is 158 Å². The van der Waals surface area contributed by atoms with E-state index in [1.807, 2.05) is 40.6 Å². The maximum absolute atomic E-state index is 12.5. The van der Waals surface area contributed by atoms with E-state index in [0.717, 1.165) is 43.6 Å². The van der Waals surface area contributed by atoms with E-state index >= 15 is 0 Å². The van der Waals surface area contributed by atoms with Crippen molar-refractivity contribution in [2.75, 3.05) is 19.6 Å². The van der Waals surface area contributed by atoms with Crippen LogP contribution in [-0.2, 0) is 11.2 Å². The van der Waals surface area contributed by atoms with E-state index in [0.29, 0.717) is 6.54 Å². The Morgan fingerprint density at radius 1 is 1.12 bits per heavy atom. The van der Waals surface area contributed by atoms with Gasteiger partial charge in [0.2, 0.25) is 5.91 Å². The minimum absolute atomic E-state index is 0.136. The first-order valence-electron chi connectivity index (χ1n) is 9.32. The molecule has 0 radical (unpaired) electrons. The van der Waals surface area contributed by atoms with Gasteiger partial charge in [0.25, 0.3) is 5.91 Å². The molecule has 136 valence electrons. The number of benzene rings is 1. The van der Waals surface area contributed by atoms with Crippen LogP contribution in [0.15, 0.2) is 47.8 Å². The van der Waals surface area contributed by atoms with Crippen molar-refractivity contribution in [3.63, 3.8) is 0 Å². The number of carbonyl (C=O) groups excluding carboxylic acids is 2. The standard InChI is InChI=1S/C21H24N2O2S/c24-19(22-11-8-16-5-2-1-3-6-16)17-15-21(17)9-12-23(13-10-21)20(25)18-7-4-14-26-18/h1-7,14,17H,8-13,15H2,(H,22,24)/t17-/m0/s1. The van der Waals surface area contributed by atoms with Crippen LogP contribution in [0.3, 0.4) is 0 Å². The Hall–Kier alpha value is -2.14. The zero-order chi connectivity index (χ0) is 18.0. The number of amides is 2. The van der Waals surface area contributed by atoms with Crippen LogP contribution in [0.1, 0.15) is 34.5 Å². The maximum atomic E-state index is 12.5. The van der Waals surface area contributed by atoms with E-state index in [9.17, 15) is 9.59 Å². The largest absolute Gasteiger partial charge is 0.356 e. The highest BCUT2D eigenvalue weighted by molar-refractivity contribution is 7.12. The quantitative estimate of drug-likeness (QED) is 0.880. The molecule has 2 aliphatic rings. The summed E-state index contributed by atoms with van der Waals surface area (Å²) in [5.41, 5.74) is 1.39. The van der Waals surface area contributed by atoms with Gasteiger partial charge in [-0.3, -0.25) is 9.59 Å². The number of piperidine rings is 1. The van der Waals surface area contributed by atoms with E-state index in [2.05, 4.69) is 17.4 Å². The predicted octanol–water partition coefficient (Wildman–Crippen LogP) is 3.35. The van der Waals surface area contributed by atoms with Gasteiger partial charge in [0.1, 0.15) is 0 Å². The van der Waals surface area contributed by atoms with E-state index in [4.69, 9.17) is 0 Å². The Balaban J connectivity index is 1.23. The summed E-state index contributed by atoms with van der Waals surface area (Å²) in [6.07, 6.45) is 3.74. The fourth-order valence-corrected chi connectivity index (χ4v) is 4.77. The van der Waals surface area contributed by atoms with E-state index in [1.165, 1.54) is 16.9 Å². The summed E-state index contributed by atoms with van der Waals surface area (Å²) in [5.74, 6) is 0.468. The van der Waals surface area contributed by atoms with Gasteiger partial charge in [0, 0.05) is 25.6 Å². The third-order valence-electron chi connectivity index (χ3n) is 5.84. The highest BCUT2D eigenvalue weighted by atomic mass is 32.1. The summed E-state index contributed by atoms with van der Waals surface area (Å²) in [6, 6.07) is 14.0. The number of rotatable bonds is 5. The molecule has 1 aromatic heterocycles. The molecule has 2 fully saturated rings. The Kier molecular flexibility index (Phi) is 4.81. The summed E-state index contributed by atoms with van der Waals surface area (Å²) < 4.78 is 0. The van der Waals surface area contributed by atoms with Gasteiger partial charge in [-0.15, -0.1) is 11.3 Å². The first kappa shape index (κ1) is 17.3. The van der Waals surface area contributed by atoms with Crippen LogP contribution < -0.4 is 5.32 Å². The molecular weight excluding hydrogens is 344 g/mol. The zero-order valence-corrected chi connectivity index (χ0v) is 15.6. The van der Waals surface area contributed by atoms with E-state index < -0.39 is 0 Å². The number of nitrogens with one attached hydrogen (secondary N) is 1. The maximum Gasteiger partial charge on any atom is 0.263 e. The average Bonchev–Trinajstić information content (AvgIpc) is 3.11. The lowest BCUT2D eigenvalue weighted by Gasteiger charge is -2.32. The topological polar surface area (TPSA) is 49.4 Å². The summed E-state index contributed by atoms with van der Waals surface area (Å²) in [7, 11) is 0. The number of carbonyl (C=O) groups is 2. The Morgan fingerprint density at radius 2 is 1.88 bits per heavy atom.